The Morgan fingerprint density at radius 2 is 2.00 bits per heavy atom. The van der Waals surface area contributed by atoms with E-state index in [4.69, 9.17) is 4.74 Å². The zero-order chi connectivity index (χ0) is 21.1. The van der Waals surface area contributed by atoms with Gasteiger partial charge in [0.2, 0.25) is 17.8 Å². The van der Waals surface area contributed by atoms with E-state index >= 15 is 0 Å². The van der Waals surface area contributed by atoms with E-state index in [1.807, 2.05) is 19.0 Å². The highest BCUT2D eigenvalue weighted by atomic mass is 16.5. The molecular weight excluding hydrogens is 388 g/mol. The molecule has 1 saturated carbocycles. The van der Waals surface area contributed by atoms with Gasteiger partial charge in [0.05, 0.1) is 31.8 Å². The van der Waals surface area contributed by atoms with Gasteiger partial charge >= 0.3 is 0 Å². The molecule has 30 heavy (non-hydrogen) atoms. The van der Waals surface area contributed by atoms with Gasteiger partial charge in [0.15, 0.2) is 5.82 Å². The molecule has 160 valence electrons. The Hall–Kier alpha value is -3.08. The molecule has 0 atom stereocenters. The van der Waals surface area contributed by atoms with Crippen molar-refractivity contribution < 1.29 is 9.53 Å². The topological polar surface area (TPSA) is 118 Å². The van der Waals surface area contributed by atoms with Crippen molar-refractivity contribution in [1.82, 2.24) is 29.8 Å². The maximum atomic E-state index is 12.4. The van der Waals surface area contributed by atoms with Crippen LogP contribution in [0.2, 0.25) is 0 Å². The van der Waals surface area contributed by atoms with E-state index in [1.54, 1.807) is 4.90 Å². The molecule has 0 spiro atoms. The molecule has 0 aromatic carbocycles. The first-order valence-corrected chi connectivity index (χ1v) is 10.1. The van der Waals surface area contributed by atoms with E-state index in [-0.39, 0.29) is 24.6 Å². The van der Waals surface area contributed by atoms with E-state index in [0.29, 0.717) is 49.9 Å². The molecule has 2 fully saturated rings. The summed E-state index contributed by atoms with van der Waals surface area (Å²) in [7, 11) is 3.71. The van der Waals surface area contributed by atoms with Gasteiger partial charge in [0.25, 0.3) is 5.56 Å². The summed E-state index contributed by atoms with van der Waals surface area (Å²) >= 11 is 0. The molecule has 0 radical (unpaired) electrons. The summed E-state index contributed by atoms with van der Waals surface area (Å²) in [5.74, 6) is 1.64. The van der Waals surface area contributed by atoms with Crippen LogP contribution in [0.4, 0.5) is 11.9 Å². The highest BCUT2D eigenvalue weighted by molar-refractivity contribution is 5.75. The number of nitrogens with zero attached hydrogens (tertiary/aromatic N) is 7. The summed E-state index contributed by atoms with van der Waals surface area (Å²) < 4.78 is 6.69. The van der Waals surface area contributed by atoms with Crippen molar-refractivity contribution in [3.05, 3.63) is 34.3 Å². The van der Waals surface area contributed by atoms with Crippen LogP contribution in [0.5, 0.6) is 0 Å². The molecule has 0 bridgehead atoms. The van der Waals surface area contributed by atoms with Crippen LogP contribution in [0, 0.1) is 0 Å². The van der Waals surface area contributed by atoms with Gasteiger partial charge in [0.1, 0.15) is 6.54 Å². The van der Waals surface area contributed by atoms with Crippen molar-refractivity contribution in [2.24, 2.45) is 0 Å². The predicted molar refractivity (Wildman–Crippen MR) is 110 cm³/mol. The van der Waals surface area contributed by atoms with Gasteiger partial charge in [-0.2, -0.15) is 15.0 Å². The number of carbonyl (C=O) groups excluding carboxylic acids is 1. The minimum absolute atomic E-state index is 0.0985. The first-order chi connectivity index (χ1) is 14.5. The van der Waals surface area contributed by atoms with Crippen LogP contribution in [-0.4, -0.2) is 70.8 Å². The van der Waals surface area contributed by atoms with Crippen molar-refractivity contribution in [3.63, 3.8) is 0 Å². The summed E-state index contributed by atoms with van der Waals surface area (Å²) in [6.45, 7) is 2.69. The fourth-order valence-electron chi connectivity index (χ4n) is 3.13. The first-order valence-electron chi connectivity index (χ1n) is 10.1. The number of aromatic nitrogens is 5. The van der Waals surface area contributed by atoms with E-state index in [9.17, 15) is 9.59 Å². The van der Waals surface area contributed by atoms with Gasteiger partial charge in [-0.15, -0.1) is 0 Å². The normalized spacial score (nSPS) is 16.4. The van der Waals surface area contributed by atoms with Crippen LogP contribution in [0.15, 0.2) is 17.2 Å². The Balaban J connectivity index is 1.41. The number of hydrogen-bond acceptors (Lipinski definition) is 9. The summed E-state index contributed by atoms with van der Waals surface area (Å²) in [5, 5.41) is 2.78. The third-order valence-electron chi connectivity index (χ3n) is 5.01. The fraction of sp³-hybridized carbons (Fsp3) is 0.579. The molecule has 1 aliphatic heterocycles. The van der Waals surface area contributed by atoms with E-state index < -0.39 is 0 Å². The minimum atomic E-state index is -0.308. The second kappa shape index (κ2) is 8.74. The largest absolute Gasteiger partial charge is 0.378 e. The molecule has 4 rings (SSSR count). The highest BCUT2D eigenvalue weighted by Crippen LogP contribution is 2.38. The molecule has 2 aromatic rings. The lowest BCUT2D eigenvalue weighted by atomic mass is 10.3. The molecule has 2 aliphatic rings. The zero-order valence-electron chi connectivity index (χ0n) is 17.2. The Labute approximate surface area is 174 Å². The van der Waals surface area contributed by atoms with Crippen molar-refractivity contribution in [2.75, 3.05) is 50.2 Å². The Morgan fingerprint density at radius 3 is 2.67 bits per heavy atom. The van der Waals surface area contributed by atoms with Crippen molar-refractivity contribution >= 4 is 17.8 Å². The summed E-state index contributed by atoms with van der Waals surface area (Å²) in [6, 6.07) is 1.52. The van der Waals surface area contributed by atoms with Gasteiger partial charge in [-0.3, -0.25) is 14.2 Å². The molecule has 1 N–H and O–H groups in total. The SMILES string of the molecule is CN(C)c1nc(CNC(=O)Cn2cnc(C3CC3)cc2=O)nc(N2CCOCC2)n1. The number of anilines is 2. The van der Waals surface area contributed by atoms with Crippen LogP contribution in [-0.2, 0) is 22.6 Å². The quantitative estimate of drug-likeness (QED) is 0.641. The lowest BCUT2D eigenvalue weighted by Gasteiger charge is -2.27. The van der Waals surface area contributed by atoms with Crippen LogP contribution >= 0.6 is 0 Å². The molecule has 3 heterocycles. The maximum absolute atomic E-state index is 12.4. The number of ether oxygens (including phenoxy) is 1. The number of hydrogen-bond donors (Lipinski definition) is 1. The Bertz CT molecular complexity index is 966. The van der Waals surface area contributed by atoms with Gasteiger partial charge in [-0.1, -0.05) is 0 Å². The van der Waals surface area contributed by atoms with Crippen LogP contribution in [0.1, 0.15) is 30.3 Å². The molecule has 0 unspecified atom stereocenters. The van der Waals surface area contributed by atoms with Gasteiger partial charge < -0.3 is 19.9 Å². The lowest BCUT2D eigenvalue weighted by molar-refractivity contribution is -0.121. The molecule has 1 amide bonds. The summed E-state index contributed by atoms with van der Waals surface area (Å²) in [5.41, 5.74) is 0.598. The van der Waals surface area contributed by atoms with Gasteiger partial charge in [-0.25, -0.2) is 4.98 Å². The smallest absolute Gasteiger partial charge is 0.254 e. The van der Waals surface area contributed by atoms with Crippen molar-refractivity contribution in [1.29, 1.82) is 0 Å². The third-order valence-corrected chi connectivity index (χ3v) is 5.01. The average Bonchev–Trinajstić information content (AvgIpc) is 3.59. The van der Waals surface area contributed by atoms with E-state index in [2.05, 4.69) is 25.3 Å². The Morgan fingerprint density at radius 1 is 1.23 bits per heavy atom. The number of morpholine rings is 1. The van der Waals surface area contributed by atoms with Crippen LogP contribution in [0.3, 0.4) is 0 Å². The number of carbonyl (C=O) groups is 1. The minimum Gasteiger partial charge on any atom is -0.378 e. The number of amides is 1. The van der Waals surface area contributed by atoms with Gasteiger partial charge in [-0.05, 0) is 12.8 Å². The first kappa shape index (κ1) is 20.2. The predicted octanol–water partition coefficient (Wildman–Crippen LogP) is -0.475. The Kier molecular flexibility index (Phi) is 5.88. The maximum Gasteiger partial charge on any atom is 0.254 e. The van der Waals surface area contributed by atoms with Crippen molar-refractivity contribution in [2.45, 2.75) is 31.8 Å². The van der Waals surface area contributed by atoms with Crippen molar-refractivity contribution in [3.8, 4) is 0 Å². The fourth-order valence-corrected chi connectivity index (χ4v) is 3.13. The van der Waals surface area contributed by atoms with Crippen LogP contribution < -0.4 is 20.7 Å². The second-order valence-electron chi connectivity index (χ2n) is 7.68. The number of rotatable bonds is 7. The molecule has 11 heteroatoms. The lowest BCUT2D eigenvalue weighted by Crippen LogP contribution is -2.38. The third kappa shape index (κ3) is 4.90. The second-order valence-corrected chi connectivity index (χ2v) is 7.68. The zero-order valence-corrected chi connectivity index (χ0v) is 17.2. The molecule has 2 aromatic heterocycles. The summed E-state index contributed by atoms with van der Waals surface area (Å²) in [6.07, 6.45) is 3.59. The van der Waals surface area contributed by atoms with Gasteiger partial charge in [0, 0.05) is 39.2 Å². The highest BCUT2D eigenvalue weighted by Gasteiger charge is 2.25. The summed E-state index contributed by atoms with van der Waals surface area (Å²) in [4.78, 5) is 46.1. The average molecular weight is 414 g/mol. The molecule has 1 aliphatic carbocycles. The van der Waals surface area contributed by atoms with E-state index in [0.717, 1.165) is 18.5 Å². The molecular formula is C19H26N8O3. The molecule has 1 saturated heterocycles. The van der Waals surface area contributed by atoms with E-state index in [1.165, 1.54) is 17.0 Å². The van der Waals surface area contributed by atoms with Crippen LogP contribution in [0.25, 0.3) is 0 Å². The standard InChI is InChI=1S/C19H26N8O3/c1-25(2)18-22-15(23-19(24-18)26-5-7-30-8-6-26)10-20-16(28)11-27-12-21-14(9-17(27)29)13-3-4-13/h9,12-13H,3-8,10-11H2,1-2H3,(H,20,28). The molecule has 11 nitrogen and oxygen atoms in total. The number of nitrogens with one attached hydrogen (secondary N) is 1. The monoisotopic (exact) mass is 414 g/mol.